The fraction of sp³-hybridized carbons (Fsp3) is 0.611. The molecule has 1 heterocycles. The number of piperazine rings is 1. The lowest BCUT2D eigenvalue weighted by Crippen LogP contribution is -2.54. The molecule has 1 aromatic carbocycles. The van der Waals surface area contributed by atoms with E-state index in [1.54, 1.807) is 12.1 Å². The van der Waals surface area contributed by atoms with Gasteiger partial charge in [0.1, 0.15) is 12.4 Å². The van der Waals surface area contributed by atoms with E-state index in [2.05, 4.69) is 10.2 Å². The Morgan fingerprint density at radius 3 is 2.46 bits per heavy atom. The Labute approximate surface area is 148 Å². The number of hydrogen-bond donors (Lipinski definition) is 1. The Hall–Kier alpha value is -1.46. The highest BCUT2D eigenvalue weighted by Gasteiger charge is 2.27. The summed E-state index contributed by atoms with van der Waals surface area (Å²) >= 11 is 5.83. The molecule has 3 rings (SSSR count). The van der Waals surface area contributed by atoms with Crippen LogP contribution in [0.4, 0.5) is 4.79 Å². The molecule has 0 aromatic heterocycles. The van der Waals surface area contributed by atoms with E-state index in [1.165, 1.54) is 25.7 Å². The van der Waals surface area contributed by atoms with Crippen LogP contribution < -0.4 is 10.1 Å². The van der Waals surface area contributed by atoms with Crippen LogP contribution in [0.5, 0.6) is 5.75 Å². The second kappa shape index (κ2) is 8.58. The topological polar surface area (TPSA) is 44.8 Å². The van der Waals surface area contributed by atoms with Crippen LogP contribution in [0.2, 0.25) is 5.02 Å². The van der Waals surface area contributed by atoms with Crippen LogP contribution in [0.15, 0.2) is 24.3 Å². The zero-order valence-electron chi connectivity index (χ0n) is 14.0. The fourth-order valence-corrected chi connectivity index (χ4v) is 3.66. The van der Waals surface area contributed by atoms with Gasteiger partial charge in [0, 0.05) is 37.2 Å². The third-order valence-electron chi connectivity index (χ3n) is 4.90. The van der Waals surface area contributed by atoms with Gasteiger partial charge in [0.15, 0.2) is 0 Å². The number of rotatable bonds is 5. The molecule has 1 saturated carbocycles. The van der Waals surface area contributed by atoms with Crippen LogP contribution in [-0.2, 0) is 0 Å². The van der Waals surface area contributed by atoms with E-state index in [1.807, 2.05) is 17.0 Å². The van der Waals surface area contributed by atoms with E-state index in [4.69, 9.17) is 16.3 Å². The molecule has 1 aliphatic heterocycles. The van der Waals surface area contributed by atoms with Gasteiger partial charge in [-0.15, -0.1) is 0 Å². The lowest BCUT2D eigenvalue weighted by atomic mass is 10.2. The van der Waals surface area contributed by atoms with Crippen molar-refractivity contribution in [3.63, 3.8) is 0 Å². The average molecular weight is 352 g/mol. The van der Waals surface area contributed by atoms with Crippen LogP contribution in [0.1, 0.15) is 25.7 Å². The minimum Gasteiger partial charge on any atom is -0.492 e. The highest BCUT2D eigenvalue weighted by molar-refractivity contribution is 6.30. The molecule has 1 aliphatic carbocycles. The fourth-order valence-electron chi connectivity index (χ4n) is 3.53. The molecular formula is C18H26ClN3O2. The Morgan fingerprint density at radius 1 is 1.12 bits per heavy atom. The van der Waals surface area contributed by atoms with Gasteiger partial charge in [-0.2, -0.15) is 0 Å². The monoisotopic (exact) mass is 351 g/mol. The molecule has 5 nitrogen and oxygen atoms in total. The molecule has 1 saturated heterocycles. The first-order chi connectivity index (χ1) is 11.7. The maximum absolute atomic E-state index is 12.2. The third kappa shape index (κ3) is 4.77. The zero-order valence-corrected chi connectivity index (χ0v) is 14.8. The molecule has 0 bridgehead atoms. The van der Waals surface area contributed by atoms with Crippen molar-refractivity contribution in [3.8, 4) is 5.75 Å². The third-order valence-corrected chi connectivity index (χ3v) is 5.16. The number of hydrogen-bond acceptors (Lipinski definition) is 3. The second-order valence-corrected chi connectivity index (χ2v) is 6.93. The quantitative estimate of drug-likeness (QED) is 0.829. The Balaban J connectivity index is 1.31. The van der Waals surface area contributed by atoms with Gasteiger partial charge < -0.3 is 15.0 Å². The maximum atomic E-state index is 12.2. The van der Waals surface area contributed by atoms with Crippen LogP contribution in [0.25, 0.3) is 0 Å². The lowest BCUT2D eigenvalue weighted by molar-refractivity contribution is 0.109. The minimum absolute atomic E-state index is 0.0146. The summed E-state index contributed by atoms with van der Waals surface area (Å²) in [6.07, 6.45) is 5.38. The summed E-state index contributed by atoms with van der Waals surface area (Å²) in [5.41, 5.74) is 0. The van der Waals surface area contributed by atoms with Crippen molar-refractivity contribution >= 4 is 17.6 Å². The van der Waals surface area contributed by atoms with Gasteiger partial charge >= 0.3 is 6.03 Å². The number of ether oxygens (including phenoxy) is 1. The first-order valence-corrected chi connectivity index (χ1v) is 9.25. The molecule has 24 heavy (non-hydrogen) atoms. The van der Waals surface area contributed by atoms with Crippen LogP contribution in [0.3, 0.4) is 0 Å². The lowest BCUT2D eigenvalue weighted by Gasteiger charge is -2.38. The molecule has 1 N–H and O–H groups in total. The maximum Gasteiger partial charge on any atom is 0.317 e. The van der Waals surface area contributed by atoms with Crippen molar-refractivity contribution in [2.24, 2.45) is 0 Å². The second-order valence-electron chi connectivity index (χ2n) is 6.50. The van der Waals surface area contributed by atoms with E-state index in [9.17, 15) is 4.79 Å². The van der Waals surface area contributed by atoms with E-state index >= 15 is 0 Å². The molecule has 0 atom stereocenters. The largest absolute Gasteiger partial charge is 0.492 e. The Kier molecular flexibility index (Phi) is 6.21. The van der Waals surface area contributed by atoms with Gasteiger partial charge in [-0.3, -0.25) is 4.90 Å². The number of benzene rings is 1. The molecule has 0 unspecified atom stereocenters. The predicted molar refractivity (Wildman–Crippen MR) is 95.7 cm³/mol. The first kappa shape index (κ1) is 17.4. The summed E-state index contributed by atoms with van der Waals surface area (Å²) in [5.74, 6) is 0.763. The van der Waals surface area contributed by atoms with Gasteiger partial charge in [-0.05, 0) is 37.1 Å². The molecule has 0 spiro atoms. The van der Waals surface area contributed by atoms with E-state index in [0.717, 1.165) is 38.0 Å². The van der Waals surface area contributed by atoms with Crippen molar-refractivity contribution in [1.82, 2.24) is 15.1 Å². The van der Waals surface area contributed by atoms with E-state index < -0.39 is 0 Å². The normalized spacial score (nSPS) is 19.5. The summed E-state index contributed by atoms with van der Waals surface area (Å²) in [7, 11) is 0. The van der Waals surface area contributed by atoms with Gasteiger partial charge in [-0.25, -0.2) is 4.79 Å². The Bertz CT molecular complexity index is 524. The summed E-state index contributed by atoms with van der Waals surface area (Å²) in [5, 5.41) is 3.62. The number of carbonyl (C=O) groups is 1. The van der Waals surface area contributed by atoms with Crippen molar-refractivity contribution in [2.75, 3.05) is 39.3 Å². The molecule has 1 aromatic rings. The zero-order chi connectivity index (χ0) is 16.8. The number of carbonyl (C=O) groups excluding carboxylic acids is 1. The van der Waals surface area contributed by atoms with Crippen LogP contribution in [-0.4, -0.2) is 61.2 Å². The number of halogens is 1. The summed E-state index contributed by atoms with van der Waals surface area (Å²) < 4.78 is 5.58. The summed E-state index contributed by atoms with van der Waals surface area (Å²) in [6, 6.07) is 8.00. The number of amides is 2. The van der Waals surface area contributed by atoms with E-state index in [0.29, 0.717) is 18.2 Å². The van der Waals surface area contributed by atoms with Gasteiger partial charge in [0.2, 0.25) is 0 Å². The highest BCUT2D eigenvalue weighted by Crippen LogP contribution is 2.24. The number of nitrogens with zero attached hydrogens (tertiary/aromatic N) is 2. The molecule has 2 aliphatic rings. The van der Waals surface area contributed by atoms with Crippen molar-refractivity contribution in [3.05, 3.63) is 29.3 Å². The van der Waals surface area contributed by atoms with Crippen molar-refractivity contribution < 1.29 is 9.53 Å². The molecule has 2 fully saturated rings. The summed E-state index contributed by atoms with van der Waals surface area (Å²) in [6.45, 7) is 4.60. The molecule has 6 heteroatoms. The van der Waals surface area contributed by atoms with Crippen molar-refractivity contribution in [2.45, 2.75) is 31.7 Å². The minimum atomic E-state index is 0.0146. The number of nitrogens with one attached hydrogen (secondary N) is 1. The number of urea groups is 1. The Morgan fingerprint density at radius 2 is 1.79 bits per heavy atom. The SMILES string of the molecule is O=C(NCCOc1ccc(Cl)cc1)N1CCN(C2CCCC2)CC1. The van der Waals surface area contributed by atoms with Crippen molar-refractivity contribution in [1.29, 1.82) is 0 Å². The smallest absolute Gasteiger partial charge is 0.317 e. The standard InChI is InChI=1S/C18H26ClN3O2/c19-15-5-7-17(8-6-15)24-14-9-20-18(23)22-12-10-21(11-13-22)16-3-1-2-4-16/h5-8,16H,1-4,9-14H2,(H,20,23). The summed E-state index contributed by atoms with van der Waals surface area (Å²) in [4.78, 5) is 16.7. The molecule has 132 valence electrons. The first-order valence-electron chi connectivity index (χ1n) is 8.87. The van der Waals surface area contributed by atoms with Gasteiger partial charge in [0.25, 0.3) is 0 Å². The average Bonchev–Trinajstić information content (AvgIpc) is 3.15. The molecule has 0 radical (unpaired) electrons. The van der Waals surface area contributed by atoms with Crippen LogP contribution in [0, 0.1) is 0 Å². The predicted octanol–water partition coefficient (Wildman–Crippen LogP) is 2.99. The van der Waals surface area contributed by atoms with Gasteiger partial charge in [0.05, 0.1) is 6.54 Å². The van der Waals surface area contributed by atoms with Gasteiger partial charge in [-0.1, -0.05) is 24.4 Å². The molecule has 2 amide bonds. The van der Waals surface area contributed by atoms with E-state index in [-0.39, 0.29) is 6.03 Å². The highest BCUT2D eigenvalue weighted by atomic mass is 35.5. The van der Waals surface area contributed by atoms with Crippen LogP contribution >= 0.6 is 11.6 Å². The molecular weight excluding hydrogens is 326 g/mol.